The van der Waals surface area contributed by atoms with Gasteiger partial charge in [0.05, 0.1) is 0 Å². The third-order valence-corrected chi connectivity index (χ3v) is 3.48. The molecule has 2 amide bonds. The Labute approximate surface area is 120 Å². The van der Waals surface area contributed by atoms with E-state index < -0.39 is 0 Å². The summed E-state index contributed by atoms with van der Waals surface area (Å²) in [7, 11) is 0. The molecule has 1 heterocycles. The zero-order valence-electron chi connectivity index (χ0n) is 10.5. The van der Waals surface area contributed by atoms with Crippen LogP contribution < -0.4 is 10.6 Å². The number of urea groups is 1. The number of carbonyl (C=O) groups is 1. The summed E-state index contributed by atoms with van der Waals surface area (Å²) >= 11 is 3.42. The van der Waals surface area contributed by atoms with Crippen molar-refractivity contribution in [2.75, 3.05) is 5.32 Å². The van der Waals surface area contributed by atoms with Crippen molar-refractivity contribution in [2.45, 2.75) is 13.5 Å². The van der Waals surface area contributed by atoms with Crippen LogP contribution in [-0.2, 0) is 6.54 Å². The van der Waals surface area contributed by atoms with Gasteiger partial charge < -0.3 is 10.6 Å². The molecule has 0 aliphatic carbocycles. The van der Waals surface area contributed by atoms with Crippen LogP contribution in [0.3, 0.4) is 0 Å². The topological polar surface area (TPSA) is 54.0 Å². The lowest BCUT2D eigenvalue weighted by Crippen LogP contribution is -2.28. The van der Waals surface area contributed by atoms with Crippen molar-refractivity contribution < 1.29 is 4.79 Å². The first-order valence-corrected chi connectivity index (χ1v) is 6.64. The summed E-state index contributed by atoms with van der Waals surface area (Å²) in [6.07, 6.45) is 3.43. The second-order valence-corrected chi connectivity index (χ2v) is 4.99. The van der Waals surface area contributed by atoms with E-state index in [1.165, 1.54) is 0 Å². The fourth-order valence-corrected chi connectivity index (χ4v) is 1.83. The van der Waals surface area contributed by atoms with Crippen molar-refractivity contribution in [3.8, 4) is 0 Å². The van der Waals surface area contributed by atoms with E-state index in [0.29, 0.717) is 6.54 Å². The molecular formula is C14H14BrN3O. The van der Waals surface area contributed by atoms with Crippen LogP contribution in [0.5, 0.6) is 0 Å². The first-order valence-electron chi connectivity index (χ1n) is 5.85. The minimum absolute atomic E-state index is 0.231. The van der Waals surface area contributed by atoms with Gasteiger partial charge in [-0.25, -0.2) is 4.79 Å². The molecule has 4 nitrogen and oxygen atoms in total. The Kier molecular flexibility index (Phi) is 4.52. The Balaban J connectivity index is 1.89. The van der Waals surface area contributed by atoms with Crippen LogP contribution in [0.4, 0.5) is 10.5 Å². The van der Waals surface area contributed by atoms with Crippen molar-refractivity contribution in [1.29, 1.82) is 0 Å². The predicted molar refractivity (Wildman–Crippen MR) is 79.0 cm³/mol. The van der Waals surface area contributed by atoms with E-state index in [-0.39, 0.29) is 6.03 Å². The van der Waals surface area contributed by atoms with Crippen LogP contribution in [-0.4, -0.2) is 11.0 Å². The smallest absolute Gasteiger partial charge is 0.319 e. The van der Waals surface area contributed by atoms with Crippen LogP contribution in [0.1, 0.15) is 11.1 Å². The second-order valence-electron chi connectivity index (χ2n) is 4.13. The van der Waals surface area contributed by atoms with Crippen LogP contribution in [0, 0.1) is 6.92 Å². The molecule has 98 valence electrons. The fraction of sp³-hybridized carbons (Fsp3) is 0.143. The highest BCUT2D eigenvalue weighted by molar-refractivity contribution is 9.10. The summed E-state index contributed by atoms with van der Waals surface area (Å²) in [4.78, 5) is 15.7. The largest absolute Gasteiger partial charge is 0.334 e. The SMILES string of the molecule is Cc1cc(NC(=O)NCc2cccnc2)ccc1Br. The number of rotatable bonds is 3. The van der Waals surface area contributed by atoms with E-state index in [9.17, 15) is 4.79 Å². The van der Waals surface area contributed by atoms with E-state index in [0.717, 1.165) is 21.3 Å². The molecule has 0 atom stereocenters. The summed E-state index contributed by atoms with van der Waals surface area (Å²) in [5, 5.41) is 5.57. The number of anilines is 1. The van der Waals surface area contributed by atoms with E-state index >= 15 is 0 Å². The van der Waals surface area contributed by atoms with Crippen molar-refractivity contribution in [2.24, 2.45) is 0 Å². The fourth-order valence-electron chi connectivity index (χ4n) is 1.58. The first-order chi connectivity index (χ1) is 9.15. The van der Waals surface area contributed by atoms with Gasteiger partial charge in [-0.1, -0.05) is 22.0 Å². The highest BCUT2D eigenvalue weighted by Crippen LogP contribution is 2.19. The number of nitrogens with one attached hydrogen (secondary N) is 2. The summed E-state index contributed by atoms with van der Waals surface area (Å²) in [6.45, 7) is 2.43. The Morgan fingerprint density at radius 1 is 1.37 bits per heavy atom. The van der Waals surface area contributed by atoms with Gasteiger partial charge >= 0.3 is 6.03 Å². The van der Waals surface area contributed by atoms with Gasteiger partial charge in [0.1, 0.15) is 0 Å². The van der Waals surface area contributed by atoms with Gasteiger partial charge in [-0.15, -0.1) is 0 Å². The highest BCUT2D eigenvalue weighted by Gasteiger charge is 2.03. The van der Waals surface area contributed by atoms with Gasteiger partial charge in [0.25, 0.3) is 0 Å². The summed E-state index contributed by atoms with van der Waals surface area (Å²) in [6, 6.07) is 9.19. The monoisotopic (exact) mass is 319 g/mol. The molecule has 0 aliphatic heterocycles. The number of carbonyl (C=O) groups excluding carboxylic acids is 1. The number of pyridine rings is 1. The third kappa shape index (κ3) is 4.06. The lowest BCUT2D eigenvalue weighted by atomic mass is 10.2. The number of aryl methyl sites for hydroxylation is 1. The molecular weight excluding hydrogens is 306 g/mol. The summed E-state index contributed by atoms with van der Waals surface area (Å²) in [5.74, 6) is 0. The van der Waals surface area contributed by atoms with Crippen LogP contribution >= 0.6 is 15.9 Å². The van der Waals surface area contributed by atoms with E-state index in [4.69, 9.17) is 0 Å². The van der Waals surface area contributed by atoms with Gasteiger partial charge in [0.2, 0.25) is 0 Å². The Morgan fingerprint density at radius 3 is 2.89 bits per heavy atom. The molecule has 1 aromatic heterocycles. The maximum atomic E-state index is 11.7. The zero-order valence-corrected chi connectivity index (χ0v) is 12.1. The maximum Gasteiger partial charge on any atom is 0.319 e. The maximum absolute atomic E-state index is 11.7. The molecule has 19 heavy (non-hydrogen) atoms. The van der Waals surface area contributed by atoms with Crippen molar-refractivity contribution in [3.63, 3.8) is 0 Å². The number of hydrogen-bond donors (Lipinski definition) is 2. The molecule has 0 radical (unpaired) electrons. The number of hydrogen-bond acceptors (Lipinski definition) is 2. The number of amides is 2. The molecule has 0 spiro atoms. The van der Waals surface area contributed by atoms with Crippen molar-refractivity contribution in [3.05, 3.63) is 58.3 Å². The molecule has 2 aromatic rings. The highest BCUT2D eigenvalue weighted by atomic mass is 79.9. The minimum atomic E-state index is -0.231. The molecule has 2 N–H and O–H groups in total. The molecule has 5 heteroatoms. The lowest BCUT2D eigenvalue weighted by molar-refractivity contribution is 0.251. The molecule has 0 fully saturated rings. The van der Waals surface area contributed by atoms with Gasteiger partial charge in [-0.2, -0.15) is 0 Å². The number of benzene rings is 1. The normalized spacial score (nSPS) is 10.0. The molecule has 0 unspecified atom stereocenters. The van der Waals surface area contributed by atoms with E-state index in [1.54, 1.807) is 12.4 Å². The van der Waals surface area contributed by atoms with Gasteiger partial charge in [-0.05, 0) is 42.3 Å². The van der Waals surface area contributed by atoms with Gasteiger partial charge in [0.15, 0.2) is 0 Å². The third-order valence-electron chi connectivity index (χ3n) is 2.59. The van der Waals surface area contributed by atoms with Gasteiger partial charge in [0, 0.05) is 29.1 Å². The van der Waals surface area contributed by atoms with Crippen LogP contribution in [0.15, 0.2) is 47.2 Å². The standard InChI is InChI=1S/C14H14BrN3O/c1-10-7-12(4-5-13(10)15)18-14(19)17-9-11-3-2-6-16-8-11/h2-8H,9H2,1H3,(H2,17,18,19). The Hall–Kier alpha value is -1.88. The average Bonchev–Trinajstić information content (AvgIpc) is 2.42. The number of aromatic nitrogens is 1. The average molecular weight is 320 g/mol. The Bertz CT molecular complexity index is 572. The molecule has 1 aromatic carbocycles. The predicted octanol–water partition coefficient (Wildman–Crippen LogP) is 3.47. The second kappa shape index (κ2) is 6.33. The first kappa shape index (κ1) is 13.5. The van der Waals surface area contributed by atoms with E-state index in [1.807, 2.05) is 37.3 Å². The summed E-state index contributed by atoms with van der Waals surface area (Å²) < 4.78 is 1.02. The summed E-state index contributed by atoms with van der Waals surface area (Å²) in [5.41, 5.74) is 2.80. The van der Waals surface area contributed by atoms with Crippen LogP contribution in [0.2, 0.25) is 0 Å². The Morgan fingerprint density at radius 2 is 2.21 bits per heavy atom. The molecule has 2 rings (SSSR count). The van der Waals surface area contributed by atoms with Crippen molar-refractivity contribution >= 4 is 27.6 Å². The molecule has 0 saturated carbocycles. The minimum Gasteiger partial charge on any atom is -0.334 e. The zero-order chi connectivity index (χ0) is 13.7. The van der Waals surface area contributed by atoms with E-state index in [2.05, 4.69) is 31.5 Å². The lowest BCUT2D eigenvalue weighted by Gasteiger charge is -2.08. The number of nitrogens with zero attached hydrogens (tertiary/aromatic N) is 1. The van der Waals surface area contributed by atoms with Crippen molar-refractivity contribution in [1.82, 2.24) is 10.3 Å². The van der Waals surface area contributed by atoms with Crippen LogP contribution in [0.25, 0.3) is 0 Å². The molecule has 0 saturated heterocycles. The number of halogens is 1. The molecule has 0 aliphatic rings. The quantitative estimate of drug-likeness (QED) is 0.910. The molecule has 0 bridgehead atoms. The van der Waals surface area contributed by atoms with Gasteiger partial charge in [-0.3, -0.25) is 4.98 Å².